The lowest BCUT2D eigenvalue weighted by molar-refractivity contribution is -0.138. The summed E-state index contributed by atoms with van der Waals surface area (Å²) in [5.74, 6) is 0. The molecule has 0 saturated heterocycles. The Morgan fingerprint density at radius 2 is 1.46 bits per heavy atom. The highest BCUT2D eigenvalue weighted by molar-refractivity contribution is 5.37. The molecule has 0 aliphatic carbocycles. The van der Waals surface area contributed by atoms with Crippen molar-refractivity contribution < 1.29 is 9.53 Å². The third kappa shape index (κ3) is 24.6. The third-order valence-electron chi connectivity index (χ3n) is 1.36. The van der Waals surface area contributed by atoms with Gasteiger partial charge in [-0.2, -0.15) is 0 Å². The van der Waals surface area contributed by atoms with Crippen LogP contribution in [0, 0.1) is 0 Å². The lowest BCUT2D eigenvalue weighted by atomic mass is 10.2. The predicted molar refractivity (Wildman–Crippen MR) is 56.7 cm³/mol. The summed E-state index contributed by atoms with van der Waals surface area (Å²) in [4.78, 5) is 9.60. The minimum atomic E-state index is -0.318. The molecule has 0 bridgehead atoms. The summed E-state index contributed by atoms with van der Waals surface area (Å²) in [6.07, 6.45) is 5.54. The fraction of sp³-hybridized carbons (Fsp3) is 0.909. The Hall–Kier alpha value is -0.530. The van der Waals surface area contributed by atoms with Gasteiger partial charge in [0.1, 0.15) is 5.60 Å². The van der Waals surface area contributed by atoms with Gasteiger partial charge in [-0.15, -0.1) is 0 Å². The molecule has 80 valence electrons. The maximum absolute atomic E-state index is 9.60. The van der Waals surface area contributed by atoms with Crippen LogP contribution >= 0.6 is 0 Å². The van der Waals surface area contributed by atoms with Gasteiger partial charge in [-0.25, -0.2) is 0 Å². The van der Waals surface area contributed by atoms with E-state index < -0.39 is 0 Å². The van der Waals surface area contributed by atoms with E-state index in [9.17, 15) is 4.79 Å². The maximum Gasteiger partial charge on any atom is 0.293 e. The molecule has 0 rings (SSSR count). The van der Waals surface area contributed by atoms with Gasteiger partial charge in [-0.1, -0.05) is 39.5 Å². The first-order chi connectivity index (χ1) is 5.97. The second-order valence-corrected chi connectivity index (χ2v) is 4.03. The van der Waals surface area contributed by atoms with E-state index in [1.54, 1.807) is 0 Å². The number of carbonyl (C=O) groups excluding carboxylic acids is 1. The molecule has 0 heterocycles. The number of unbranched alkanes of at least 4 members (excludes halogenated alkanes) is 3. The molecule has 0 N–H and O–H groups in total. The Balaban J connectivity index is 0. The lowest BCUT2D eigenvalue weighted by Gasteiger charge is -2.14. The highest BCUT2D eigenvalue weighted by Gasteiger charge is 2.07. The second-order valence-electron chi connectivity index (χ2n) is 4.03. The summed E-state index contributed by atoms with van der Waals surface area (Å²) in [5.41, 5.74) is -0.318. The monoisotopic (exact) mass is 188 g/mol. The third-order valence-corrected chi connectivity index (χ3v) is 1.36. The molecule has 0 spiro atoms. The van der Waals surface area contributed by atoms with E-state index in [1.807, 2.05) is 20.8 Å². The first-order valence-corrected chi connectivity index (χ1v) is 5.09. The molecule has 0 radical (unpaired) electrons. The van der Waals surface area contributed by atoms with Crippen molar-refractivity contribution in [3.63, 3.8) is 0 Å². The molecule has 0 aliphatic heterocycles. The topological polar surface area (TPSA) is 26.3 Å². The Kier molecular flexibility index (Phi) is 11.0. The maximum atomic E-state index is 9.60. The summed E-state index contributed by atoms with van der Waals surface area (Å²) in [6, 6.07) is 0. The van der Waals surface area contributed by atoms with E-state index in [1.165, 1.54) is 25.7 Å². The van der Waals surface area contributed by atoms with Crippen LogP contribution in [0.4, 0.5) is 0 Å². The van der Waals surface area contributed by atoms with Crippen LogP contribution in [0.5, 0.6) is 0 Å². The van der Waals surface area contributed by atoms with Crippen molar-refractivity contribution in [2.24, 2.45) is 0 Å². The van der Waals surface area contributed by atoms with Crippen molar-refractivity contribution >= 4 is 6.47 Å². The largest absolute Gasteiger partial charge is 0.462 e. The molecule has 0 saturated carbocycles. The number of carbonyl (C=O) groups is 1. The fourth-order valence-electron chi connectivity index (χ4n) is 0.644. The number of rotatable bonds is 4. The number of hydrogen-bond donors (Lipinski definition) is 0. The minimum Gasteiger partial charge on any atom is -0.462 e. The zero-order chi connectivity index (χ0) is 10.7. The van der Waals surface area contributed by atoms with E-state index in [2.05, 4.69) is 18.6 Å². The van der Waals surface area contributed by atoms with Crippen molar-refractivity contribution in [2.45, 2.75) is 65.9 Å². The van der Waals surface area contributed by atoms with Crippen molar-refractivity contribution in [1.82, 2.24) is 0 Å². The fourth-order valence-corrected chi connectivity index (χ4v) is 0.644. The van der Waals surface area contributed by atoms with Crippen LogP contribution in [0.3, 0.4) is 0 Å². The highest BCUT2D eigenvalue weighted by atomic mass is 16.5. The van der Waals surface area contributed by atoms with Crippen LogP contribution in [0.2, 0.25) is 0 Å². The van der Waals surface area contributed by atoms with Gasteiger partial charge in [0.15, 0.2) is 0 Å². The molecule has 2 heteroatoms. The molecule has 0 aromatic rings. The predicted octanol–water partition coefficient (Wildman–Crippen LogP) is 3.54. The van der Waals surface area contributed by atoms with E-state index in [0.717, 1.165) is 0 Å². The van der Waals surface area contributed by atoms with E-state index in [4.69, 9.17) is 0 Å². The van der Waals surface area contributed by atoms with Crippen molar-refractivity contribution in [2.75, 3.05) is 0 Å². The summed E-state index contributed by atoms with van der Waals surface area (Å²) in [7, 11) is 0. The molecule has 2 nitrogen and oxygen atoms in total. The molecule has 0 aromatic heterocycles. The van der Waals surface area contributed by atoms with Crippen LogP contribution < -0.4 is 0 Å². The van der Waals surface area contributed by atoms with E-state index in [0.29, 0.717) is 6.47 Å². The molecule has 0 fully saturated rings. The molecule has 0 aromatic carbocycles. The SMILES string of the molecule is CC(C)(C)OC=O.CCCCCC. The van der Waals surface area contributed by atoms with Crippen LogP contribution in [0.25, 0.3) is 0 Å². The number of hydrogen-bond acceptors (Lipinski definition) is 2. The quantitative estimate of drug-likeness (QED) is 0.498. The van der Waals surface area contributed by atoms with Gasteiger partial charge in [0.2, 0.25) is 0 Å². The van der Waals surface area contributed by atoms with Crippen LogP contribution in [0.15, 0.2) is 0 Å². The Labute approximate surface area is 82.7 Å². The standard InChI is InChI=1S/C6H14.C5H10O2/c1-3-5-6-4-2;1-5(2,3)7-4-6/h3-6H2,1-2H3;4H,1-3H3. The Bertz CT molecular complexity index is 99.1. The first-order valence-electron chi connectivity index (χ1n) is 5.09. The molecular weight excluding hydrogens is 164 g/mol. The lowest BCUT2D eigenvalue weighted by Crippen LogP contribution is -2.17. The van der Waals surface area contributed by atoms with Crippen LogP contribution in [-0.4, -0.2) is 12.1 Å². The first kappa shape index (κ1) is 15.0. The van der Waals surface area contributed by atoms with Gasteiger partial charge >= 0.3 is 0 Å². The summed E-state index contributed by atoms with van der Waals surface area (Å²) >= 11 is 0. The zero-order valence-electron chi connectivity index (χ0n) is 9.72. The molecule has 0 amide bonds. The van der Waals surface area contributed by atoms with Gasteiger partial charge in [0.05, 0.1) is 0 Å². The molecule has 0 atom stereocenters. The van der Waals surface area contributed by atoms with Crippen LogP contribution in [-0.2, 0) is 9.53 Å². The highest BCUT2D eigenvalue weighted by Crippen LogP contribution is 2.02. The molecule has 0 unspecified atom stereocenters. The van der Waals surface area contributed by atoms with Gasteiger partial charge < -0.3 is 4.74 Å². The average Bonchev–Trinajstić information content (AvgIpc) is 1.99. The van der Waals surface area contributed by atoms with Crippen molar-refractivity contribution in [1.29, 1.82) is 0 Å². The van der Waals surface area contributed by atoms with Crippen LogP contribution in [0.1, 0.15) is 60.3 Å². The van der Waals surface area contributed by atoms with Gasteiger partial charge in [0, 0.05) is 0 Å². The smallest absolute Gasteiger partial charge is 0.293 e. The van der Waals surface area contributed by atoms with Crippen molar-refractivity contribution in [3.05, 3.63) is 0 Å². The van der Waals surface area contributed by atoms with Crippen molar-refractivity contribution in [3.8, 4) is 0 Å². The number of ether oxygens (including phenoxy) is 1. The van der Waals surface area contributed by atoms with E-state index in [-0.39, 0.29) is 5.60 Å². The zero-order valence-corrected chi connectivity index (χ0v) is 9.72. The minimum absolute atomic E-state index is 0.318. The average molecular weight is 188 g/mol. The summed E-state index contributed by atoms with van der Waals surface area (Å²) < 4.78 is 4.55. The Morgan fingerprint density at radius 3 is 1.54 bits per heavy atom. The Morgan fingerprint density at radius 1 is 1.08 bits per heavy atom. The molecule has 0 aliphatic rings. The molecular formula is C11H24O2. The second kappa shape index (κ2) is 9.56. The summed E-state index contributed by atoms with van der Waals surface area (Å²) in [5, 5.41) is 0. The summed E-state index contributed by atoms with van der Waals surface area (Å²) in [6.45, 7) is 10.4. The van der Waals surface area contributed by atoms with Gasteiger partial charge in [-0.3, -0.25) is 4.79 Å². The van der Waals surface area contributed by atoms with Gasteiger partial charge in [-0.05, 0) is 20.8 Å². The normalized spacial score (nSPS) is 9.92. The van der Waals surface area contributed by atoms with E-state index >= 15 is 0 Å². The van der Waals surface area contributed by atoms with Gasteiger partial charge in [0.25, 0.3) is 6.47 Å². The molecule has 13 heavy (non-hydrogen) atoms.